The summed E-state index contributed by atoms with van der Waals surface area (Å²) in [7, 11) is -1.93. The van der Waals surface area contributed by atoms with Crippen molar-refractivity contribution in [2.75, 3.05) is 7.05 Å². The molecule has 0 saturated carbocycles. The first-order valence-electron chi connectivity index (χ1n) is 5.53. The molecule has 0 amide bonds. The Kier molecular flexibility index (Phi) is 4.25. The maximum atomic E-state index is 12.3. The highest BCUT2D eigenvalue weighted by Crippen LogP contribution is 2.28. The summed E-state index contributed by atoms with van der Waals surface area (Å²) in [6.07, 6.45) is 1.67. The van der Waals surface area contributed by atoms with Gasteiger partial charge >= 0.3 is 0 Å². The van der Waals surface area contributed by atoms with Gasteiger partial charge in [0, 0.05) is 25.5 Å². The summed E-state index contributed by atoms with van der Waals surface area (Å²) in [5.41, 5.74) is 1.77. The Bertz CT molecular complexity index is 683. The molecule has 0 radical (unpaired) electrons. The van der Waals surface area contributed by atoms with E-state index in [1.807, 2.05) is 13.0 Å². The van der Waals surface area contributed by atoms with Crippen molar-refractivity contribution in [3.8, 4) is 0 Å². The molecule has 0 aliphatic rings. The van der Waals surface area contributed by atoms with Gasteiger partial charge in [0.1, 0.15) is 4.21 Å². The molecule has 0 aliphatic carbocycles. The van der Waals surface area contributed by atoms with E-state index >= 15 is 0 Å². The second kappa shape index (κ2) is 5.58. The van der Waals surface area contributed by atoms with Crippen LogP contribution in [0, 0.1) is 6.92 Å². The molecule has 0 spiro atoms. The van der Waals surface area contributed by atoms with Crippen LogP contribution >= 0.6 is 22.9 Å². The summed E-state index contributed by atoms with van der Waals surface area (Å²) >= 11 is 6.84. The van der Waals surface area contributed by atoms with Gasteiger partial charge in [-0.2, -0.15) is 4.31 Å². The predicted molar refractivity (Wildman–Crippen MR) is 77.0 cm³/mol. The number of nitrogens with zero attached hydrogens (tertiary/aromatic N) is 2. The van der Waals surface area contributed by atoms with Crippen molar-refractivity contribution < 1.29 is 8.42 Å². The number of aromatic nitrogens is 1. The van der Waals surface area contributed by atoms with E-state index in [2.05, 4.69) is 4.98 Å². The Morgan fingerprint density at radius 2 is 2.11 bits per heavy atom. The van der Waals surface area contributed by atoms with Gasteiger partial charge in [-0.3, -0.25) is 4.98 Å². The third kappa shape index (κ3) is 3.33. The smallest absolute Gasteiger partial charge is 0.252 e. The molecule has 2 aromatic rings. The van der Waals surface area contributed by atoms with Gasteiger partial charge < -0.3 is 0 Å². The Morgan fingerprint density at radius 3 is 2.68 bits per heavy atom. The van der Waals surface area contributed by atoms with Crippen LogP contribution in [0.4, 0.5) is 0 Å². The molecular weight excluding hydrogens is 304 g/mol. The maximum Gasteiger partial charge on any atom is 0.252 e. The molecule has 102 valence electrons. The number of sulfonamides is 1. The van der Waals surface area contributed by atoms with E-state index in [1.165, 1.54) is 10.4 Å². The molecule has 2 aromatic heterocycles. The summed E-state index contributed by atoms with van der Waals surface area (Å²) in [4.78, 5) is 4.09. The van der Waals surface area contributed by atoms with Crippen molar-refractivity contribution in [1.29, 1.82) is 0 Å². The Hall–Kier alpha value is -0.950. The zero-order chi connectivity index (χ0) is 14.0. The fourth-order valence-electron chi connectivity index (χ4n) is 1.63. The molecule has 2 heterocycles. The van der Waals surface area contributed by atoms with Crippen LogP contribution in [0.25, 0.3) is 0 Å². The van der Waals surface area contributed by atoms with Crippen molar-refractivity contribution in [3.63, 3.8) is 0 Å². The number of halogens is 1. The van der Waals surface area contributed by atoms with Gasteiger partial charge in [0.2, 0.25) is 0 Å². The molecule has 0 saturated heterocycles. The van der Waals surface area contributed by atoms with Crippen molar-refractivity contribution in [1.82, 2.24) is 9.29 Å². The lowest BCUT2D eigenvalue weighted by atomic mass is 10.2. The molecule has 19 heavy (non-hydrogen) atoms. The second-order valence-electron chi connectivity index (χ2n) is 4.13. The third-order valence-electron chi connectivity index (χ3n) is 2.58. The van der Waals surface area contributed by atoms with E-state index in [0.717, 1.165) is 22.6 Å². The molecule has 2 rings (SSSR count). The predicted octanol–water partition coefficient (Wildman–Crippen LogP) is 2.93. The quantitative estimate of drug-likeness (QED) is 0.871. The van der Waals surface area contributed by atoms with Crippen molar-refractivity contribution in [3.05, 3.63) is 46.1 Å². The van der Waals surface area contributed by atoms with Crippen LogP contribution < -0.4 is 0 Å². The van der Waals surface area contributed by atoms with Crippen molar-refractivity contribution in [2.24, 2.45) is 0 Å². The third-order valence-corrected chi connectivity index (χ3v) is 6.08. The zero-order valence-electron chi connectivity index (χ0n) is 10.5. The minimum Gasteiger partial charge on any atom is -0.262 e. The lowest BCUT2D eigenvalue weighted by Crippen LogP contribution is -2.25. The van der Waals surface area contributed by atoms with Gasteiger partial charge in [0.05, 0.1) is 4.34 Å². The first-order valence-corrected chi connectivity index (χ1v) is 8.16. The fraction of sp³-hybridized carbons (Fsp3) is 0.250. The average Bonchev–Trinajstić information content (AvgIpc) is 2.76. The van der Waals surface area contributed by atoms with E-state index in [-0.39, 0.29) is 4.21 Å². The van der Waals surface area contributed by atoms with Gasteiger partial charge in [0.25, 0.3) is 10.0 Å². The highest BCUT2D eigenvalue weighted by Gasteiger charge is 2.22. The molecule has 4 nitrogen and oxygen atoms in total. The lowest BCUT2D eigenvalue weighted by molar-refractivity contribution is 0.468. The minimum absolute atomic E-state index is 0.255. The number of rotatable bonds is 4. The summed E-state index contributed by atoms with van der Waals surface area (Å²) in [5.74, 6) is 0. The van der Waals surface area contributed by atoms with Crippen LogP contribution in [0.15, 0.2) is 34.7 Å². The van der Waals surface area contributed by atoms with Gasteiger partial charge in [0.15, 0.2) is 0 Å². The molecule has 0 fully saturated rings. The summed E-state index contributed by atoms with van der Waals surface area (Å²) in [5, 5.41) is 0. The molecule has 0 unspecified atom stereocenters. The van der Waals surface area contributed by atoms with Gasteiger partial charge in [-0.1, -0.05) is 11.6 Å². The van der Waals surface area contributed by atoms with Crippen LogP contribution in [-0.2, 0) is 16.6 Å². The van der Waals surface area contributed by atoms with Gasteiger partial charge in [-0.15, -0.1) is 11.3 Å². The van der Waals surface area contributed by atoms with E-state index in [9.17, 15) is 8.42 Å². The Labute approximate surface area is 121 Å². The van der Waals surface area contributed by atoms with Crippen LogP contribution in [0.1, 0.15) is 11.3 Å². The number of hydrogen-bond acceptors (Lipinski definition) is 4. The number of hydrogen-bond donors (Lipinski definition) is 0. The van der Waals surface area contributed by atoms with Crippen LogP contribution in [0.5, 0.6) is 0 Å². The standard InChI is InChI=1S/C12H13ClN2O2S2/c1-9-7-10(5-6-14-9)8-15(2)19(16,17)12-4-3-11(13)18-12/h3-7H,8H2,1-2H3. The van der Waals surface area contributed by atoms with E-state index in [0.29, 0.717) is 10.9 Å². The van der Waals surface area contributed by atoms with E-state index in [4.69, 9.17) is 11.6 Å². The highest BCUT2D eigenvalue weighted by molar-refractivity contribution is 7.91. The largest absolute Gasteiger partial charge is 0.262 e. The van der Waals surface area contributed by atoms with E-state index < -0.39 is 10.0 Å². The minimum atomic E-state index is -3.48. The molecule has 0 N–H and O–H groups in total. The second-order valence-corrected chi connectivity index (χ2v) is 8.11. The Balaban J connectivity index is 2.22. The highest BCUT2D eigenvalue weighted by atomic mass is 35.5. The first kappa shape index (κ1) is 14.5. The molecule has 0 aromatic carbocycles. The van der Waals surface area contributed by atoms with Crippen LogP contribution in [0.2, 0.25) is 4.34 Å². The molecule has 0 bridgehead atoms. The topological polar surface area (TPSA) is 50.3 Å². The van der Waals surface area contributed by atoms with Crippen molar-refractivity contribution >= 4 is 33.0 Å². The molecular formula is C12H13ClN2O2S2. The van der Waals surface area contributed by atoms with Gasteiger partial charge in [-0.05, 0) is 36.8 Å². The first-order chi connectivity index (χ1) is 8.89. The van der Waals surface area contributed by atoms with Crippen molar-refractivity contribution in [2.45, 2.75) is 17.7 Å². The fourth-order valence-corrected chi connectivity index (χ4v) is 4.49. The summed E-state index contributed by atoms with van der Waals surface area (Å²) in [6, 6.07) is 6.79. The van der Waals surface area contributed by atoms with E-state index in [1.54, 1.807) is 25.4 Å². The lowest BCUT2D eigenvalue weighted by Gasteiger charge is -2.16. The monoisotopic (exact) mass is 316 g/mol. The Morgan fingerprint density at radius 1 is 1.37 bits per heavy atom. The molecule has 0 atom stereocenters. The SMILES string of the molecule is Cc1cc(CN(C)S(=O)(=O)c2ccc(Cl)s2)ccn1. The summed E-state index contributed by atoms with van der Waals surface area (Å²) < 4.78 is 26.6. The number of thiophene rings is 1. The zero-order valence-corrected chi connectivity index (χ0v) is 12.9. The normalized spacial score (nSPS) is 12.0. The summed E-state index contributed by atoms with van der Waals surface area (Å²) in [6.45, 7) is 2.18. The van der Waals surface area contributed by atoms with Crippen LogP contribution in [-0.4, -0.2) is 24.8 Å². The molecule has 7 heteroatoms. The van der Waals surface area contributed by atoms with Gasteiger partial charge in [-0.25, -0.2) is 8.42 Å². The number of aryl methyl sites for hydroxylation is 1. The maximum absolute atomic E-state index is 12.3. The average molecular weight is 317 g/mol. The molecule has 0 aliphatic heterocycles. The number of pyridine rings is 1. The van der Waals surface area contributed by atoms with Crippen LogP contribution in [0.3, 0.4) is 0 Å².